The number of esters is 1. The largest absolute Gasteiger partial charge is 0.449 e. The van der Waals surface area contributed by atoms with Gasteiger partial charge in [-0.2, -0.15) is 13.2 Å². The molecule has 0 spiro atoms. The first kappa shape index (κ1) is 17.0. The highest BCUT2D eigenvalue weighted by Gasteiger charge is 2.50. The number of alkyl halides is 3. The molecule has 0 aliphatic rings. The Kier molecular flexibility index (Phi) is 4.44. The minimum Gasteiger partial charge on any atom is -0.449 e. The average Bonchev–Trinajstić information content (AvgIpc) is 2.96. The van der Waals surface area contributed by atoms with Gasteiger partial charge in [-0.3, -0.25) is 4.57 Å². The van der Waals surface area contributed by atoms with E-state index in [1.165, 1.54) is 45.6 Å². The molecule has 1 unspecified atom stereocenters. The van der Waals surface area contributed by atoms with Gasteiger partial charge in [0, 0.05) is 11.1 Å². The van der Waals surface area contributed by atoms with Gasteiger partial charge in [-0.25, -0.2) is 4.79 Å². The third kappa shape index (κ3) is 4.08. The Hall–Kier alpha value is -2.38. The Bertz CT molecular complexity index is 645. The maximum absolute atomic E-state index is 13.0. The van der Waals surface area contributed by atoms with Gasteiger partial charge in [-0.05, 0) is 24.3 Å². The van der Waals surface area contributed by atoms with E-state index in [1.807, 2.05) is 0 Å². The standard InChI is InChI=1S/C15H16F3N3O2/c1-14(2,3)13(15(16,17)18)23-12(22)10-4-6-11(7-5-10)21-8-19-20-9-21/h4-9,13H,1-3H3. The molecule has 0 aliphatic heterocycles. The second-order valence-electron chi connectivity index (χ2n) is 6.11. The van der Waals surface area contributed by atoms with Crippen molar-refractivity contribution in [1.29, 1.82) is 0 Å². The molecule has 0 saturated carbocycles. The summed E-state index contributed by atoms with van der Waals surface area (Å²) in [5.74, 6) is -1.02. The van der Waals surface area contributed by atoms with Crippen LogP contribution >= 0.6 is 0 Å². The van der Waals surface area contributed by atoms with Crippen LogP contribution in [-0.2, 0) is 4.74 Å². The molecule has 0 saturated heterocycles. The van der Waals surface area contributed by atoms with E-state index in [9.17, 15) is 18.0 Å². The molecule has 2 aromatic rings. The summed E-state index contributed by atoms with van der Waals surface area (Å²) in [6.07, 6.45) is -3.88. The molecular formula is C15H16F3N3O2. The van der Waals surface area contributed by atoms with E-state index in [0.717, 1.165) is 0 Å². The Balaban J connectivity index is 2.17. The lowest BCUT2D eigenvalue weighted by Crippen LogP contribution is -2.43. The van der Waals surface area contributed by atoms with Gasteiger partial charge < -0.3 is 4.74 Å². The Morgan fingerprint density at radius 3 is 2.04 bits per heavy atom. The zero-order chi connectivity index (χ0) is 17.3. The van der Waals surface area contributed by atoms with Crippen LogP contribution in [0.1, 0.15) is 31.1 Å². The molecule has 124 valence electrons. The fourth-order valence-corrected chi connectivity index (χ4v) is 2.01. The number of carbonyl (C=O) groups is 1. The van der Waals surface area contributed by atoms with Crippen molar-refractivity contribution < 1.29 is 22.7 Å². The monoisotopic (exact) mass is 327 g/mol. The zero-order valence-electron chi connectivity index (χ0n) is 12.8. The zero-order valence-corrected chi connectivity index (χ0v) is 12.8. The Labute approximate surface area is 131 Å². The van der Waals surface area contributed by atoms with Gasteiger partial charge in [0.2, 0.25) is 6.10 Å². The van der Waals surface area contributed by atoms with Crippen LogP contribution < -0.4 is 0 Å². The Morgan fingerprint density at radius 1 is 1.09 bits per heavy atom. The van der Waals surface area contributed by atoms with Crippen molar-refractivity contribution in [2.24, 2.45) is 5.41 Å². The lowest BCUT2D eigenvalue weighted by molar-refractivity contribution is -0.231. The van der Waals surface area contributed by atoms with Crippen molar-refractivity contribution in [3.05, 3.63) is 42.5 Å². The molecule has 1 heterocycles. The summed E-state index contributed by atoms with van der Waals surface area (Å²) in [7, 11) is 0. The predicted molar refractivity (Wildman–Crippen MR) is 76.1 cm³/mol. The molecule has 0 amide bonds. The van der Waals surface area contributed by atoms with E-state index in [4.69, 9.17) is 4.74 Å². The quantitative estimate of drug-likeness (QED) is 0.811. The van der Waals surface area contributed by atoms with Crippen molar-refractivity contribution in [3.8, 4) is 5.69 Å². The summed E-state index contributed by atoms with van der Waals surface area (Å²) in [6, 6.07) is 5.93. The van der Waals surface area contributed by atoms with Crippen LogP contribution in [0.25, 0.3) is 5.69 Å². The van der Waals surface area contributed by atoms with E-state index in [2.05, 4.69) is 10.2 Å². The van der Waals surface area contributed by atoms with Gasteiger partial charge in [0.15, 0.2) is 0 Å². The molecule has 1 aromatic heterocycles. The molecule has 0 fully saturated rings. The van der Waals surface area contributed by atoms with Gasteiger partial charge in [0.1, 0.15) is 12.7 Å². The van der Waals surface area contributed by atoms with Crippen LogP contribution in [0.2, 0.25) is 0 Å². The normalized spacial score (nSPS) is 13.7. The van der Waals surface area contributed by atoms with Crippen molar-refractivity contribution >= 4 is 5.97 Å². The van der Waals surface area contributed by atoms with Gasteiger partial charge in [-0.1, -0.05) is 20.8 Å². The van der Waals surface area contributed by atoms with E-state index >= 15 is 0 Å². The number of hydrogen-bond donors (Lipinski definition) is 0. The molecule has 0 N–H and O–H groups in total. The fourth-order valence-electron chi connectivity index (χ4n) is 2.01. The fraction of sp³-hybridized carbons (Fsp3) is 0.400. The maximum Gasteiger partial charge on any atom is 0.426 e. The van der Waals surface area contributed by atoms with Gasteiger partial charge in [0.25, 0.3) is 0 Å². The molecule has 0 bridgehead atoms. The number of aromatic nitrogens is 3. The third-order valence-electron chi connectivity index (χ3n) is 3.13. The highest BCUT2D eigenvalue weighted by molar-refractivity contribution is 5.89. The van der Waals surface area contributed by atoms with E-state index < -0.39 is 23.7 Å². The maximum atomic E-state index is 13.0. The molecule has 5 nitrogen and oxygen atoms in total. The molecule has 0 radical (unpaired) electrons. The van der Waals surface area contributed by atoms with E-state index in [-0.39, 0.29) is 5.56 Å². The highest BCUT2D eigenvalue weighted by atomic mass is 19.4. The second-order valence-corrected chi connectivity index (χ2v) is 6.11. The number of ether oxygens (including phenoxy) is 1. The van der Waals surface area contributed by atoms with Crippen LogP contribution in [0.4, 0.5) is 13.2 Å². The summed E-state index contributed by atoms with van der Waals surface area (Å²) < 4.78 is 45.4. The molecular weight excluding hydrogens is 311 g/mol. The summed E-state index contributed by atoms with van der Waals surface area (Å²) in [5, 5.41) is 7.29. The van der Waals surface area contributed by atoms with Crippen molar-refractivity contribution in [2.75, 3.05) is 0 Å². The first-order chi connectivity index (χ1) is 10.6. The summed E-state index contributed by atoms with van der Waals surface area (Å²) >= 11 is 0. The molecule has 1 aromatic carbocycles. The first-order valence-corrected chi connectivity index (χ1v) is 6.82. The lowest BCUT2D eigenvalue weighted by Gasteiger charge is -2.31. The molecule has 23 heavy (non-hydrogen) atoms. The van der Waals surface area contributed by atoms with Crippen LogP contribution in [0.15, 0.2) is 36.9 Å². The second kappa shape index (κ2) is 6.02. The topological polar surface area (TPSA) is 57.0 Å². The van der Waals surface area contributed by atoms with Gasteiger partial charge in [0.05, 0.1) is 5.56 Å². The summed E-state index contributed by atoms with van der Waals surface area (Å²) in [4.78, 5) is 12.0. The number of halogens is 3. The molecule has 0 aliphatic carbocycles. The summed E-state index contributed by atoms with van der Waals surface area (Å²) in [6.45, 7) is 4.11. The summed E-state index contributed by atoms with van der Waals surface area (Å²) in [5.41, 5.74) is -0.536. The third-order valence-corrected chi connectivity index (χ3v) is 3.13. The minimum atomic E-state index is -4.63. The van der Waals surface area contributed by atoms with Crippen molar-refractivity contribution in [2.45, 2.75) is 33.1 Å². The van der Waals surface area contributed by atoms with Gasteiger partial charge in [-0.15, -0.1) is 10.2 Å². The van der Waals surface area contributed by atoms with Crippen LogP contribution in [-0.4, -0.2) is 33.0 Å². The number of benzene rings is 1. The number of carbonyl (C=O) groups excluding carboxylic acids is 1. The average molecular weight is 327 g/mol. The first-order valence-electron chi connectivity index (χ1n) is 6.82. The van der Waals surface area contributed by atoms with E-state index in [1.54, 1.807) is 16.7 Å². The SMILES string of the molecule is CC(C)(C)C(OC(=O)c1ccc(-n2cnnc2)cc1)C(F)(F)F. The van der Waals surface area contributed by atoms with Crippen molar-refractivity contribution in [1.82, 2.24) is 14.8 Å². The molecule has 8 heteroatoms. The van der Waals surface area contributed by atoms with E-state index in [0.29, 0.717) is 5.69 Å². The van der Waals surface area contributed by atoms with Crippen LogP contribution in [0.5, 0.6) is 0 Å². The van der Waals surface area contributed by atoms with Crippen LogP contribution in [0.3, 0.4) is 0 Å². The number of rotatable bonds is 3. The lowest BCUT2D eigenvalue weighted by atomic mass is 9.88. The number of hydrogen-bond acceptors (Lipinski definition) is 4. The molecule has 1 atom stereocenters. The predicted octanol–water partition coefficient (Wildman–Crippen LogP) is 3.40. The Morgan fingerprint density at radius 2 is 1.61 bits per heavy atom. The van der Waals surface area contributed by atoms with Gasteiger partial charge >= 0.3 is 12.1 Å². The van der Waals surface area contributed by atoms with Crippen molar-refractivity contribution in [3.63, 3.8) is 0 Å². The van der Waals surface area contributed by atoms with Crippen LogP contribution in [0, 0.1) is 5.41 Å². The minimum absolute atomic E-state index is 0.0420. The molecule has 2 rings (SSSR count). The number of nitrogens with zero attached hydrogens (tertiary/aromatic N) is 3. The highest BCUT2D eigenvalue weighted by Crippen LogP contribution is 2.36. The smallest absolute Gasteiger partial charge is 0.426 e.